The van der Waals surface area contributed by atoms with Gasteiger partial charge in [0.25, 0.3) is 0 Å². The van der Waals surface area contributed by atoms with E-state index in [0.717, 1.165) is 43.9 Å². The summed E-state index contributed by atoms with van der Waals surface area (Å²) in [5.74, 6) is 0.283. The molecule has 4 nitrogen and oxygen atoms in total. The Morgan fingerprint density at radius 1 is 1.07 bits per heavy atom. The van der Waals surface area contributed by atoms with Crippen molar-refractivity contribution >= 4 is 18.1 Å². The van der Waals surface area contributed by atoms with Gasteiger partial charge >= 0.3 is 5.97 Å². The van der Waals surface area contributed by atoms with Crippen molar-refractivity contribution in [1.29, 1.82) is 0 Å². The van der Waals surface area contributed by atoms with E-state index in [-0.39, 0.29) is 11.8 Å². The number of piperidine rings is 1. The van der Waals surface area contributed by atoms with Crippen molar-refractivity contribution in [1.82, 2.24) is 4.90 Å². The van der Waals surface area contributed by atoms with Crippen LogP contribution >= 0.6 is 0 Å². The van der Waals surface area contributed by atoms with Crippen molar-refractivity contribution in [2.24, 2.45) is 0 Å². The van der Waals surface area contributed by atoms with Gasteiger partial charge in [-0.05, 0) is 43.1 Å². The maximum absolute atomic E-state index is 10.8. The minimum Gasteiger partial charge on any atom is -0.492 e. The number of carbonyl (C=O) groups is 1. The number of ether oxygens (including phenoxy) is 1. The summed E-state index contributed by atoms with van der Waals surface area (Å²) in [6.45, 7) is 3.25. The van der Waals surface area contributed by atoms with E-state index in [9.17, 15) is 4.79 Å². The van der Waals surface area contributed by atoms with E-state index in [1.54, 1.807) is 0 Å². The Labute approximate surface area is 160 Å². The number of carboxylic acids is 1. The first-order valence-electron chi connectivity index (χ1n) is 9.59. The van der Waals surface area contributed by atoms with Gasteiger partial charge in [0, 0.05) is 17.5 Å². The Balaban J connectivity index is 1.44. The van der Waals surface area contributed by atoms with Gasteiger partial charge in [0.1, 0.15) is 5.75 Å². The number of hydrogen-bond acceptors (Lipinski definition) is 3. The number of aliphatic carboxylic acids is 1. The van der Waals surface area contributed by atoms with Crippen LogP contribution in [0.3, 0.4) is 0 Å². The van der Waals surface area contributed by atoms with Gasteiger partial charge in [-0.25, -0.2) is 0 Å². The van der Waals surface area contributed by atoms with Crippen LogP contribution in [0.5, 0.6) is 5.75 Å². The summed E-state index contributed by atoms with van der Waals surface area (Å²) in [5, 5.41) is 8.87. The van der Waals surface area contributed by atoms with Gasteiger partial charge in [-0.15, -0.1) is 0 Å². The molecule has 0 radical (unpaired) electrons. The average Bonchev–Trinajstić information content (AvgIpc) is 3.04. The SMILES string of the molecule is O=C(O)CCN1CCC2(CC1)COc1cc(C=Cc3ccccc3)ccc12. The van der Waals surface area contributed by atoms with E-state index in [1.165, 1.54) is 11.1 Å². The number of hydrogen-bond donors (Lipinski definition) is 1. The fraction of sp³-hybridized carbons (Fsp3) is 0.348. The zero-order chi connectivity index (χ0) is 18.7. The maximum Gasteiger partial charge on any atom is 0.304 e. The molecule has 0 atom stereocenters. The molecule has 2 aromatic rings. The van der Waals surface area contributed by atoms with Crippen molar-refractivity contribution in [3.63, 3.8) is 0 Å². The molecule has 4 heteroatoms. The summed E-state index contributed by atoms with van der Waals surface area (Å²) in [7, 11) is 0. The van der Waals surface area contributed by atoms with Crippen LogP contribution in [0.4, 0.5) is 0 Å². The predicted octanol–water partition coefficient (Wildman–Crippen LogP) is 4.06. The maximum atomic E-state index is 10.8. The van der Waals surface area contributed by atoms with Crippen LogP contribution in [0.15, 0.2) is 48.5 Å². The molecule has 0 saturated carbocycles. The second-order valence-corrected chi connectivity index (χ2v) is 7.55. The Kier molecular flexibility index (Phi) is 4.99. The van der Waals surface area contributed by atoms with Gasteiger partial charge in [-0.1, -0.05) is 54.6 Å². The van der Waals surface area contributed by atoms with Crippen LogP contribution in [-0.2, 0) is 10.2 Å². The zero-order valence-corrected chi connectivity index (χ0v) is 15.4. The van der Waals surface area contributed by atoms with Crippen LogP contribution in [0.1, 0.15) is 36.0 Å². The van der Waals surface area contributed by atoms with Crippen molar-refractivity contribution in [3.05, 3.63) is 65.2 Å². The third kappa shape index (κ3) is 3.91. The van der Waals surface area contributed by atoms with E-state index >= 15 is 0 Å². The second kappa shape index (κ2) is 7.57. The fourth-order valence-electron chi connectivity index (χ4n) is 4.12. The van der Waals surface area contributed by atoms with Crippen molar-refractivity contribution in [2.45, 2.75) is 24.7 Å². The lowest BCUT2D eigenvalue weighted by atomic mass is 9.74. The fourth-order valence-corrected chi connectivity index (χ4v) is 4.12. The van der Waals surface area contributed by atoms with Crippen LogP contribution in [-0.4, -0.2) is 42.2 Å². The van der Waals surface area contributed by atoms with Crippen molar-refractivity contribution in [3.8, 4) is 5.75 Å². The Morgan fingerprint density at radius 2 is 1.81 bits per heavy atom. The van der Waals surface area contributed by atoms with Crippen LogP contribution in [0, 0.1) is 0 Å². The third-order valence-corrected chi connectivity index (χ3v) is 5.80. The van der Waals surface area contributed by atoms with Crippen molar-refractivity contribution < 1.29 is 14.6 Å². The smallest absolute Gasteiger partial charge is 0.304 e. The molecule has 27 heavy (non-hydrogen) atoms. The summed E-state index contributed by atoms with van der Waals surface area (Å²) in [6.07, 6.45) is 6.51. The van der Waals surface area contributed by atoms with E-state index in [1.807, 2.05) is 18.2 Å². The number of nitrogens with zero attached hydrogens (tertiary/aromatic N) is 1. The van der Waals surface area contributed by atoms with Gasteiger partial charge in [-0.2, -0.15) is 0 Å². The average molecular weight is 363 g/mol. The standard InChI is InChI=1S/C23H25NO3/c25-22(26)10-13-24-14-11-23(12-15-24)17-27-21-16-19(8-9-20(21)23)7-6-18-4-2-1-3-5-18/h1-9,16H,10-15,17H2,(H,25,26). The lowest BCUT2D eigenvalue weighted by Gasteiger charge is -2.38. The molecule has 140 valence electrons. The molecule has 0 aromatic heterocycles. The number of benzene rings is 2. The van der Waals surface area contributed by atoms with E-state index < -0.39 is 5.97 Å². The summed E-state index contributed by atoms with van der Waals surface area (Å²) in [5.41, 5.74) is 3.74. The molecule has 2 aliphatic heterocycles. The van der Waals surface area contributed by atoms with Gasteiger partial charge in [0.15, 0.2) is 0 Å². The van der Waals surface area contributed by atoms with Gasteiger partial charge in [-0.3, -0.25) is 4.79 Å². The highest BCUT2D eigenvalue weighted by Crippen LogP contribution is 2.45. The lowest BCUT2D eigenvalue weighted by Crippen LogP contribution is -2.44. The summed E-state index contributed by atoms with van der Waals surface area (Å²) in [6, 6.07) is 16.8. The van der Waals surface area contributed by atoms with Crippen LogP contribution < -0.4 is 4.74 Å². The summed E-state index contributed by atoms with van der Waals surface area (Å²) < 4.78 is 6.07. The minimum absolute atomic E-state index is 0.0940. The van der Waals surface area contributed by atoms with E-state index in [0.29, 0.717) is 6.54 Å². The monoisotopic (exact) mass is 363 g/mol. The quantitative estimate of drug-likeness (QED) is 0.814. The molecule has 1 spiro atoms. The first kappa shape index (κ1) is 17.8. The van der Waals surface area contributed by atoms with Crippen molar-refractivity contribution in [2.75, 3.05) is 26.2 Å². The van der Waals surface area contributed by atoms with Crippen LogP contribution in [0.2, 0.25) is 0 Å². The minimum atomic E-state index is -0.721. The van der Waals surface area contributed by atoms with E-state index in [4.69, 9.17) is 9.84 Å². The normalized spacial score (nSPS) is 18.5. The first-order valence-corrected chi connectivity index (χ1v) is 9.59. The number of carboxylic acid groups (broad SMARTS) is 1. The molecule has 0 aliphatic carbocycles. The van der Waals surface area contributed by atoms with Gasteiger partial charge in [0.05, 0.1) is 13.0 Å². The highest BCUT2D eigenvalue weighted by molar-refractivity contribution is 5.71. The first-order chi connectivity index (χ1) is 13.1. The lowest BCUT2D eigenvalue weighted by molar-refractivity contribution is -0.137. The Hall–Kier alpha value is -2.59. The molecule has 1 N–H and O–H groups in total. The molecule has 0 amide bonds. The molecule has 4 rings (SSSR count). The Morgan fingerprint density at radius 3 is 2.56 bits per heavy atom. The molecule has 1 saturated heterocycles. The second-order valence-electron chi connectivity index (χ2n) is 7.55. The molecular formula is C23H25NO3. The molecule has 0 bridgehead atoms. The number of rotatable bonds is 5. The Bertz CT molecular complexity index is 836. The molecule has 2 aromatic carbocycles. The molecule has 2 heterocycles. The van der Waals surface area contributed by atoms with Gasteiger partial charge < -0.3 is 14.7 Å². The molecule has 2 aliphatic rings. The predicted molar refractivity (Wildman–Crippen MR) is 107 cm³/mol. The highest BCUT2D eigenvalue weighted by atomic mass is 16.5. The summed E-state index contributed by atoms with van der Waals surface area (Å²) >= 11 is 0. The third-order valence-electron chi connectivity index (χ3n) is 5.80. The van der Waals surface area contributed by atoms with Crippen LogP contribution in [0.25, 0.3) is 12.2 Å². The topological polar surface area (TPSA) is 49.8 Å². The number of likely N-dealkylation sites (tertiary alicyclic amines) is 1. The molecule has 1 fully saturated rings. The van der Waals surface area contributed by atoms with Gasteiger partial charge in [0.2, 0.25) is 0 Å². The highest BCUT2D eigenvalue weighted by Gasteiger charge is 2.42. The van der Waals surface area contributed by atoms with E-state index in [2.05, 4.69) is 47.4 Å². The largest absolute Gasteiger partial charge is 0.492 e. The molecular weight excluding hydrogens is 338 g/mol. The summed E-state index contributed by atoms with van der Waals surface area (Å²) in [4.78, 5) is 13.0. The molecule has 0 unspecified atom stereocenters. The zero-order valence-electron chi connectivity index (χ0n) is 15.4. The number of fused-ring (bicyclic) bond motifs is 2.